The number of carbonyl (C=O) groups is 1. The zero-order valence-corrected chi connectivity index (χ0v) is 10.6. The summed E-state index contributed by atoms with van der Waals surface area (Å²) in [7, 11) is 0. The van der Waals surface area contributed by atoms with Crippen LogP contribution >= 0.6 is 11.6 Å². The van der Waals surface area contributed by atoms with E-state index in [1.165, 1.54) is 30.3 Å². The molecule has 0 unspecified atom stereocenters. The van der Waals surface area contributed by atoms with Gasteiger partial charge in [-0.25, -0.2) is 9.78 Å². The molecule has 0 saturated heterocycles. The van der Waals surface area contributed by atoms with Gasteiger partial charge in [-0.05, 0) is 12.1 Å². The first-order valence-electron chi connectivity index (χ1n) is 5.28. The Morgan fingerprint density at radius 1 is 1.35 bits per heavy atom. The normalized spacial score (nSPS) is 10.1. The van der Waals surface area contributed by atoms with Gasteiger partial charge in [0.2, 0.25) is 5.88 Å². The van der Waals surface area contributed by atoms with Crippen LogP contribution in [0.3, 0.4) is 0 Å². The molecule has 0 aliphatic carbocycles. The van der Waals surface area contributed by atoms with E-state index in [1.807, 2.05) is 0 Å². The van der Waals surface area contributed by atoms with Gasteiger partial charge in [0.05, 0.1) is 10.5 Å². The molecule has 0 spiro atoms. The quantitative estimate of drug-likeness (QED) is 0.686. The molecular formula is C12H7ClN2O5. The minimum Gasteiger partial charge on any atom is -0.478 e. The van der Waals surface area contributed by atoms with Crippen LogP contribution in [0.1, 0.15) is 10.4 Å². The highest BCUT2D eigenvalue weighted by Crippen LogP contribution is 2.30. The molecule has 1 aromatic heterocycles. The molecule has 7 nitrogen and oxygen atoms in total. The van der Waals surface area contributed by atoms with Crippen molar-refractivity contribution in [1.82, 2.24) is 4.98 Å². The highest BCUT2D eigenvalue weighted by atomic mass is 35.5. The fourth-order valence-electron chi connectivity index (χ4n) is 1.39. The Bertz CT molecular complexity index is 672. The van der Waals surface area contributed by atoms with Crippen LogP contribution < -0.4 is 4.74 Å². The monoisotopic (exact) mass is 294 g/mol. The van der Waals surface area contributed by atoms with E-state index in [-0.39, 0.29) is 27.9 Å². The number of nitro groups is 1. The lowest BCUT2D eigenvalue weighted by Gasteiger charge is -2.05. The number of halogens is 1. The SMILES string of the molecule is O=C(O)c1ccc(Oc2ccc([N+](=O)[O-])c(Cl)c2)nc1. The van der Waals surface area contributed by atoms with Crippen LogP contribution in [0.2, 0.25) is 5.02 Å². The summed E-state index contributed by atoms with van der Waals surface area (Å²) in [5.74, 6) is -0.682. The summed E-state index contributed by atoms with van der Waals surface area (Å²) in [6, 6.07) is 6.57. The molecule has 0 amide bonds. The molecule has 8 heteroatoms. The zero-order chi connectivity index (χ0) is 14.7. The van der Waals surface area contributed by atoms with E-state index in [1.54, 1.807) is 0 Å². The van der Waals surface area contributed by atoms with Crippen LogP contribution in [0.15, 0.2) is 36.5 Å². The molecule has 0 bridgehead atoms. The number of aromatic carboxylic acids is 1. The van der Waals surface area contributed by atoms with Crippen molar-refractivity contribution in [3.8, 4) is 11.6 Å². The Hall–Kier alpha value is -2.67. The van der Waals surface area contributed by atoms with E-state index in [0.717, 1.165) is 6.20 Å². The van der Waals surface area contributed by atoms with Gasteiger partial charge < -0.3 is 9.84 Å². The van der Waals surface area contributed by atoms with Gasteiger partial charge in [-0.15, -0.1) is 0 Å². The first-order chi connectivity index (χ1) is 9.47. The largest absolute Gasteiger partial charge is 0.478 e. The third-order valence-electron chi connectivity index (χ3n) is 2.32. The van der Waals surface area contributed by atoms with Gasteiger partial charge in [0, 0.05) is 24.4 Å². The van der Waals surface area contributed by atoms with Crippen LogP contribution in [0.4, 0.5) is 5.69 Å². The number of nitro benzene ring substituents is 1. The van der Waals surface area contributed by atoms with Crippen LogP contribution in [0.5, 0.6) is 11.6 Å². The highest BCUT2D eigenvalue weighted by Gasteiger charge is 2.13. The summed E-state index contributed by atoms with van der Waals surface area (Å²) in [4.78, 5) is 24.5. The second-order valence-corrected chi connectivity index (χ2v) is 4.07. The van der Waals surface area contributed by atoms with Crippen molar-refractivity contribution >= 4 is 23.3 Å². The van der Waals surface area contributed by atoms with Gasteiger partial charge in [-0.2, -0.15) is 0 Å². The predicted molar refractivity (Wildman–Crippen MR) is 69.4 cm³/mol. The fourth-order valence-corrected chi connectivity index (χ4v) is 1.63. The van der Waals surface area contributed by atoms with Gasteiger partial charge in [0.15, 0.2) is 0 Å². The second-order valence-electron chi connectivity index (χ2n) is 3.66. The van der Waals surface area contributed by atoms with E-state index < -0.39 is 10.9 Å². The van der Waals surface area contributed by atoms with Gasteiger partial charge in [0.1, 0.15) is 10.8 Å². The smallest absolute Gasteiger partial charge is 0.337 e. The van der Waals surface area contributed by atoms with E-state index in [4.69, 9.17) is 21.4 Å². The van der Waals surface area contributed by atoms with Crippen LogP contribution in [-0.2, 0) is 0 Å². The standard InChI is InChI=1S/C12H7ClN2O5/c13-9-5-8(2-3-10(9)15(18)19)20-11-4-1-7(6-14-11)12(16)17/h1-6H,(H,16,17). The van der Waals surface area contributed by atoms with E-state index in [2.05, 4.69) is 4.98 Å². The highest BCUT2D eigenvalue weighted by molar-refractivity contribution is 6.32. The average molecular weight is 295 g/mol. The lowest BCUT2D eigenvalue weighted by molar-refractivity contribution is -0.384. The van der Waals surface area contributed by atoms with Gasteiger partial charge in [-0.3, -0.25) is 10.1 Å². The van der Waals surface area contributed by atoms with Crippen molar-refractivity contribution in [3.05, 3.63) is 57.2 Å². The topological polar surface area (TPSA) is 103 Å². The number of nitrogens with zero attached hydrogens (tertiary/aromatic N) is 2. The molecule has 0 aliphatic rings. The Balaban J connectivity index is 2.19. The fraction of sp³-hybridized carbons (Fsp3) is 0. The lowest BCUT2D eigenvalue weighted by Crippen LogP contribution is -1.97. The molecule has 0 aliphatic heterocycles. The molecule has 1 heterocycles. The maximum absolute atomic E-state index is 10.7. The van der Waals surface area contributed by atoms with Crippen molar-refractivity contribution in [1.29, 1.82) is 0 Å². The number of aromatic nitrogens is 1. The van der Waals surface area contributed by atoms with E-state index in [0.29, 0.717) is 0 Å². The van der Waals surface area contributed by atoms with Crippen LogP contribution in [0, 0.1) is 10.1 Å². The number of carboxylic acids is 1. The third kappa shape index (κ3) is 3.01. The molecule has 20 heavy (non-hydrogen) atoms. The van der Waals surface area contributed by atoms with Gasteiger partial charge in [0.25, 0.3) is 5.69 Å². The molecule has 2 rings (SSSR count). The average Bonchev–Trinajstić information content (AvgIpc) is 2.39. The summed E-state index contributed by atoms with van der Waals surface area (Å²) in [5.41, 5.74) is -0.202. The number of hydrogen-bond donors (Lipinski definition) is 1. The minimum absolute atomic E-state index is 0.0269. The maximum Gasteiger partial charge on any atom is 0.337 e. The van der Waals surface area contributed by atoms with E-state index in [9.17, 15) is 14.9 Å². The Kier molecular flexibility index (Phi) is 3.81. The van der Waals surface area contributed by atoms with Crippen LogP contribution in [-0.4, -0.2) is 21.0 Å². The first kappa shape index (κ1) is 13.8. The van der Waals surface area contributed by atoms with Crippen molar-refractivity contribution in [2.45, 2.75) is 0 Å². The molecule has 102 valence electrons. The summed E-state index contributed by atoms with van der Waals surface area (Å²) < 4.78 is 5.32. The number of rotatable bonds is 4. The van der Waals surface area contributed by atoms with Crippen molar-refractivity contribution in [2.24, 2.45) is 0 Å². The molecule has 1 aromatic carbocycles. The Labute approximate surface area is 117 Å². The maximum atomic E-state index is 10.7. The number of pyridine rings is 1. The molecule has 1 N–H and O–H groups in total. The Morgan fingerprint density at radius 3 is 2.60 bits per heavy atom. The summed E-state index contributed by atoms with van der Waals surface area (Å²) in [6.45, 7) is 0. The molecule has 2 aromatic rings. The zero-order valence-electron chi connectivity index (χ0n) is 9.82. The van der Waals surface area contributed by atoms with Gasteiger partial charge >= 0.3 is 5.97 Å². The summed E-state index contributed by atoms with van der Waals surface area (Å²) in [6.07, 6.45) is 1.14. The van der Waals surface area contributed by atoms with Crippen molar-refractivity contribution in [3.63, 3.8) is 0 Å². The van der Waals surface area contributed by atoms with Crippen LogP contribution in [0.25, 0.3) is 0 Å². The van der Waals surface area contributed by atoms with Crippen molar-refractivity contribution in [2.75, 3.05) is 0 Å². The number of benzene rings is 1. The number of hydrogen-bond acceptors (Lipinski definition) is 5. The van der Waals surface area contributed by atoms with Gasteiger partial charge in [-0.1, -0.05) is 11.6 Å². The Morgan fingerprint density at radius 2 is 2.10 bits per heavy atom. The van der Waals surface area contributed by atoms with Crippen molar-refractivity contribution < 1.29 is 19.6 Å². The molecule has 0 saturated carbocycles. The first-order valence-corrected chi connectivity index (χ1v) is 5.66. The lowest BCUT2D eigenvalue weighted by atomic mass is 10.3. The third-order valence-corrected chi connectivity index (χ3v) is 2.62. The molecule has 0 atom stereocenters. The minimum atomic E-state index is -1.09. The molecule has 0 fully saturated rings. The molecular weight excluding hydrogens is 288 g/mol. The summed E-state index contributed by atoms with van der Waals surface area (Å²) >= 11 is 5.74. The predicted octanol–water partition coefficient (Wildman–Crippen LogP) is 3.13. The number of carboxylic acid groups (broad SMARTS) is 1. The van der Waals surface area contributed by atoms with E-state index >= 15 is 0 Å². The molecule has 0 radical (unpaired) electrons. The number of ether oxygens (including phenoxy) is 1. The second kappa shape index (κ2) is 5.54. The summed E-state index contributed by atoms with van der Waals surface area (Å²) in [5, 5.41) is 19.3.